The van der Waals surface area contributed by atoms with E-state index in [9.17, 15) is 0 Å². The van der Waals surface area contributed by atoms with E-state index in [1.165, 1.54) is 0 Å². The zero-order valence-electron chi connectivity index (χ0n) is 36.7. The molecule has 6 aromatic carbocycles. The number of pyridine rings is 2. The van der Waals surface area contributed by atoms with Crippen LogP contribution in [0.1, 0.15) is 50.7 Å². The molecule has 0 unspecified atom stereocenters. The quantitative estimate of drug-likeness (QED) is 0.134. The molecule has 67 heavy (non-hydrogen) atoms. The molecule has 6 heterocycles. The molecular formula is C56H39N7O2Pt2. The van der Waals surface area contributed by atoms with Crippen LogP contribution in [0.3, 0.4) is 0 Å². The molecule has 0 saturated carbocycles. The SMILES string of the molecule is CC(C)c1cc2c3cc(C(C)C)c(Oc4[c-]c5c(cc4)c4ccccc4n5-c4ccccn4)[c-]c3n(-c3ncccn3)c2[c-]c1Oc1[c-]c2c(cc1)c1ccccc1n2-c1ccccn1.[Pt+2].[Pt+2]. The van der Waals surface area contributed by atoms with Crippen molar-refractivity contribution < 1.29 is 51.6 Å². The third-order valence-electron chi connectivity index (χ3n) is 12.1. The van der Waals surface area contributed by atoms with Crippen LogP contribution in [0.25, 0.3) is 83.0 Å². The molecule has 0 aliphatic carbocycles. The number of hydrogen-bond donors (Lipinski definition) is 0. The Morgan fingerprint density at radius 2 is 0.821 bits per heavy atom. The number of aromatic nitrogens is 7. The van der Waals surface area contributed by atoms with E-state index in [2.05, 4.69) is 122 Å². The molecular weight excluding hydrogens is 1190 g/mol. The van der Waals surface area contributed by atoms with Crippen molar-refractivity contribution in [3.8, 4) is 40.6 Å². The van der Waals surface area contributed by atoms with Crippen LogP contribution in [0.5, 0.6) is 23.0 Å². The first kappa shape index (κ1) is 43.9. The van der Waals surface area contributed by atoms with Crippen molar-refractivity contribution in [1.82, 2.24) is 33.6 Å². The molecule has 12 aromatic rings. The van der Waals surface area contributed by atoms with Crippen LogP contribution < -0.4 is 9.47 Å². The van der Waals surface area contributed by atoms with Gasteiger partial charge in [0.15, 0.2) is 0 Å². The fraction of sp³-hybridized carbons (Fsp3) is 0.107. The minimum Gasteiger partial charge on any atom is -0.509 e. The van der Waals surface area contributed by atoms with Gasteiger partial charge in [-0.15, -0.1) is 58.3 Å². The summed E-state index contributed by atoms with van der Waals surface area (Å²) in [5.74, 6) is 4.61. The maximum atomic E-state index is 6.88. The Balaban J connectivity index is 0.00000263. The Kier molecular flexibility index (Phi) is 11.6. The summed E-state index contributed by atoms with van der Waals surface area (Å²) < 4.78 is 20.0. The van der Waals surface area contributed by atoms with Crippen molar-refractivity contribution in [2.45, 2.75) is 39.5 Å². The Labute approximate surface area is 415 Å². The van der Waals surface area contributed by atoms with Gasteiger partial charge in [0, 0.05) is 58.8 Å². The average molecular weight is 1230 g/mol. The van der Waals surface area contributed by atoms with Gasteiger partial charge in [0.2, 0.25) is 5.95 Å². The smallest absolute Gasteiger partial charge is 0.509 e. The van der Waals surface area contributed by atoms with Crippen LogP contribution in [0.15, 0.2) is 152 Å². The molecule has 0 aliphatic rings. The van der Waals surface area contributed by atoms with Crippen molar-refractivity contribution >= 4 is 65.4 Å². The molecule has 11 heteroatoms. The van der Waals surface area contributed by atoms with Gasteiger partial charge in [-0.2, -0.15) is 35.0 Å². The van der Waals surface area contributed by atoms with E-state index in [1.54, 1.807) is 12.4 Å². The van der Waals surface area contributed by atoms with Gasteiger partial charge in [0.05, 0.1) is 0 Å². The van der Waals surface area contributed by atoms with Crippen molar-refractivity contribution in [1.29, 1.82) is 0 Å². The molecule has 6 aromatic heterocycles. The number of rotatable bonds is 9. The zero-order valence-corrected chi connectivity index (χ0v) is 41.2. The molecule has 0 N–H and O–H groups in total. The fourth-order valence-corrected chi connectivity index (χ4v) is 9.12. The molecule has 330 valence electrons. The first-order chi connectivity index (χ1) is 31.9. The summed E-state index contributed by atoms with van der Waals surface area (Å²) in [6, 6.07) is 57.6. The third-order valence-corrected chi connectivity index (χ3v) is 12.1. The molecule has 0 amide bonds. The van der Waals surface area contributed by atoms with Gasteiger partial charge in [-0.05, 0) is 53.2 Å². The van der Waals surface area contributed by atoms with E-state index in [1.807, 2.05) is 83.7 Å². The predicted molar refractivity (Wildman–Crippen MR) is 257 cm³/mol. The molecule has 0 spiro atoms. The molecule has 9 nitrogen and oxygen atoms in total. The van der Waals surface area contributed by atoms with Gasteiger partial charge in [0.1, 0.15) is 11.6 Å². The molecule has 0 radical (unpaired) electrons. The summed E-state index contributed by atoms with van der Waals surface area (Å²) in [4.78, 5) is 18.9. The van der Waals surface area contributed by atoms with E-state index in [0.717, 1.165) is 88.2 Å². The van der Waals surface area contributed by atoms with Crippen molar-refractivity contribution in [3.63, 3.8) is 0 Å². The second-order valence-corrected chi connectivity index (χ2v) is 16.8. The number of hydrogen-bond acceptors (Lipinski definition) is 6. The first-order valence-corrected chi connectivity index (χ1v) is 21.8. The Morgan fingerprint density at radius 1 is 0.403 bits per heavy atom. The topological polar surface area (TPSA) is 84.8 Å². The normalized spacial score (nSPS) is 11.6. The maximum absolute atomic E-state index is 6.88. The summed E-state index contributed by atoms with van der Waals surface area (Å²) in [7, 11) is 0. The molecule has 0 bridgehead atoms. The van der Waals surface area contributed by atoms with Crippen molar-refractivity contribution in [3.05, 3.63) is 188 Å². The summed E-state index contributed by atoms with van der Waals surface area (Å²) in [6.45, 7) is 8.69. The van der Waals surface area contributed by atoms with Crippen LogP contribution in [0.2, 0.25) is 0 Å². The minimum atomic E-state index is 0. The second-order valence-electron chi connectivity index (χ2n) is 16.8. The average Bonchev–Trinajstić information content (AvgIpc) is 3.96. The number of ether oxygens (including phenoxy) is 2. The number of nitrogens with zero attached hydrogens (tertiary/aromatic N) is 7. The number of fused-ring (bicyclic) bond motifs is 9. The van der Waals surface area contributed by atoms with Crippen molar-refractivity contribution in [2.24, 2.45) is 0 Å². The summed E-state index contributed by atoms with van der Waals surface area (Å²) in [5, 5.41) is 6.32. The molecule has 0 fully saturated rings. The summed E-state index contributed by atoms with van der Waals surface area (Å²) in [6.07, 6.45) is 7.11. The second kappa shape index (κ2) is 17.7. The number of para-hydroxylation sites is 2. The van der Waals surface area contributed by atoms with Gasteiger partial charge in [-0.1, -0.05) is 110 Å². The van der Waals surface area contributed by atoms with Crippen LogP contribution >= 0.6 is 0 Å². The molecule has 0 saturated heterocycles. The van der Waals surface area contributed by atoms with E-state index in [-0.39, 0.29) is 54.0 Å². The van der Waals surface area contributed by atoms with E-state index in [0.29, 0.717) is 28.9 Å². The molecule has 0 aliphatic heterocycles. The van der Waals surface area contributed by atoms with Crippen LogP contribution in [0.4, 0.5) is 0 Å². The van der Waals surface area contributed by atoms with E-state index in [4.69, 9.17) is 29.4 Å². The first-order valence-electron chi connectivity index (χ1n) is 21.8. The molecule has 0 atom stereocenters. The van der Waals surface area contributed by atoms with Crippen LogP contribution in [0, 0.1) is 24.3 Å². The zero-order chi connectivity index (χ0) is 43.8. The van der Waals surface area contributed by atoms with Gasteiger partial charge >= 0.3 is 42.1 Å². The fourth-order valence-electron chi connectivity index (χ4n) is 9.12. The Bertz CT molecular complexity index is 3560. The van der Waals surface area contributed by atoms with Crippen molar-refractivity contribution in [2.75, 3.05) is 0 Å². The monoisotopic (exact) mass is 1230 g/mol. The van der Waals surface area contributed by atoms with Gasteiger partial charge in [-0.3, -0.25) is 0 Å². The standard InChI is InChI=1S/C56H39N7O2.2Pt/c1-34(2)42-30-44-45-31-43(35(3)4)53(65-37-21-23-41-39-15-6-8-17-47(39)62(49(41)29-37)55-19-10-12-25-58-55)33-51(45)63(56-59-26-13-27-60-56)50(44)32-52(42)64-36-20-22-40-38-14-5-7-16-46(38)61(48(40)28-36)54-18-9-11-24-57-54;;/h5-27,30-31,34-35H,1-4H3;;/q-4;2*+2. The molecule has 12 rings (SSSR count). The van der Waals surface area contributed by atoms with Crippen LogP contribution in [-0.2, 0) is 42.1 Å². The Morgan fingerprint density at radius 3 is 1.25 bits per heavy atom. The summed E-state index contributed by atoms with van der Waals surface area (Å²) in [5.41, 5.74) is 7.35. The van der Waals surface area contributed by atoms with E-state index >= 15 is 0 Å². The summed E-state index contributed by atoms with van der Waals surface area (Å²) >= 11 is 0. The van der Waals surface area contributed by atoms with Crippen LogP contribution in [-0.4, -0.2) is 33.6 Å². The minimum absolute atomic E-state index is 0. The van der Waals surface area contributed by atoms with Gasteiger partial charge in [-0.25, -0.2) is 19.9 Å². The predicted octanol–water partition coefficient (Wildman–Crippen LogP) is 13.6. The largest absolute Gasteiger partial charge is 2.00 e. The van der Waals surface area contributed by atoms with Gasteiger partial charge in [0.25, 0.3) is 0 Å². The van der Waals surface area contributed by atoms with E-state index < -0.39 is 0 Å². The number of benzene rings is 6. The third kappa shape index (κ3) is 7.42. The Hall–Kier alpha value is -6.92. The maximum Gasteiger partial charge on any atom is 2.00 e. The van der Waals surface area contributed by atoms with Gasteiger partial charge < -0.3 is 23.2 Å².